The molecule has 0 spiro atoms. The Morgan fingerprint density at radius 2 is 1.86 bits per heavy atom. The first-order valence-electron chi connectivity index (χ1n) is 7.28. The fourth-order valence-corrected chi connectivity index (χ4v) is 3.28. The highest BCUT2D eigenvalue weighted by molar-refractivity contribution is 5.73. The molecule has 4 unspecified atom stereocenters. The van der Waals surface area contributed by atoms with Crippen molar-refractivity contribution in [3.05, 3.63) is 0 Å². The molecule has 0 aromatic heterocycles. The van der Waals surface area contributed by atoms with Gasteiger partial charge in [0.15, 0.2) is 11.6 Å². The topological polar surface area (TPSA) is 89.2 Å². The Kier molecular flexibility index (Phi) is 3.35. The van der Waals surface area contributed by atoms with Crippen LogP contribution in [0.2, 0.25) is 0 Å². The number of fused-ring (bicyclic) bond motifs is 3. The molecule has 0 bridgehead atoms. The van der Waals surface area contributed by atoms with E-state index in [1.165, 1.54) is 0 Å². The predicted octanol–water partition coefficient (Wildman–Crippen LogP) is 0.650. The van der Waals surface area contributed by atoms with Gasteiger partial charge in [-0.1, -0.05) is 0 Å². The van der Waals surface area contributed by atoms with Crippen molar-refractivity contribution in [2.75, 3.05) is 6.61 Å². The van der Waals surface area contributed by atoms with Crippen molar-refractivity contribution in [2.24, 2.45) is 5.73 Å². The van der Waals surface area contributed by atoms with Crippen LogP contribution in [0, 0.1) is 0 Å². The first kappa shape index (κ1) is 15.2. The molecule has 0 saturated carbocycles. The summed E-state index contributed by atoms with van der Waals surface area (Å²) >= 11 is 0. The Hall–Kier alpha value is -0.730. The third-order valence-electron chi connectivity index (χ3n) is 4.01. The quantitative estimate of drug-likeness (QED) is 0.823. The molecular formula is C14H23NO6. The van der Waals surface area contributed by atoms with Crippen LogP contribution >= 0.6 is 0 Å². The zero-order valence-electron chi connectivity index (χ0n) is 12.9. The normalized spacial score (nSPS) is 43.3. The van der Waals surface area contributed by atoms with Crippen molar-refractivity contribution >= 4 is 5.91 Å². The molecule has 0 aliphatic carbocycles. The fourth-order valence-electron chi connectivity index (χ4n) is 3.28. The predicted molar refractivity (Wildman–Crippen MR) is 71.0 cm³/mol. The molecule has 0 aromatic carbocycles. The second-order valence-corrected chi connectivity index (χ2v) is 6.77. The van der Waals surface area contributed by atoms with Crippen LogP contribution in [0.1, 0.15) is 40.5 Å². The third-order valence-corrected chi connectivity index (χ3v) is 4.01. The summed E-state index contributed by atoms with van der Waals surface area (Å²) in [4.78, 5) is 11.1. The van der Waals surface area contributed by atoms with Crippen LogP contribution in [-0.2, 0) is 28.5 Å². The molecule has 3 heterocycles. The molecular weight excluding hydrogens is 278 g/mol. The maximum absolute atomic E-state index is 11.1. The minimum absolute atomic E-state index is 0.166. The third kappa shape index (κ3) is 2.68. The SMILES string of the molecule is CC1(C)OCC2OC3(CCC(N)=O)OC(C)(C)OC3C2O1. The van der Waals surface area contributed by atoms with Crippen LogP contribution in [0.5, 0.6) is 0 Å². The van der Waals surface area contributed by atoms with Gasteiger partial charge in [-0.25, -0.2) is 0 Å². The van der Waals surface area contributed by atoms with Crippen LogP contribution in [0.15, 0.2) is 0 Å². The van der Waals surface area contributed by atoms with Crippen LogP contribution in [0.25, 0.3) is 0 Å². The van der Waals surface area contributed by atoms with E-state index in [0.29, 0.717) is 13.0 Å². The monoisotopic (exact) mass is 301 g/mol. The largest absolute Gasteiger partial charge is 0.370 e. The van der Waals surface area contributed by atoms with Gasteiger partial charge in [0.25, 0.3) is 0 Å². The molecule has 0 radical (unpaired) electrons. The molecule has 3 saturated heterocycles. The fraction of sp³-hybridized carbons (Fsp3) is 0.929. The molecule has 3 rings (SSSR count). The molecule has 3 fully saturated rings. The number of ether oxygens (including phenoxy) is 5. The molecule has 0 aromatic rings. The summed E-state index contributed by atoms with van der Waals surface area (Å²) in [6.07, 6.45) is -0.456. The van der Waals surface area contributed by atoms with E-state index in [-0.39, 0.29) is 18.6 Å². The second-order valence-electron chi connectivity index (χ2n) is 6.77. The van der Waals surface area contributed by atoms with E-state index in [0.717, 1.165) is 0 Å². The van der Waals surface area contributed by atoms with E-state index >= 15 is 0 Å². The number of nitrogens with two attached hydrogens (primary N) is 1. The lowest BCUT2D eigenvalue weighted by atomic mass is 10.00. The molecule has 7 nitrogen and oxygen atoms in total. The number of primary amides is 1. The van der Waals surface area contributed by atoms with Gasteiger partial charge in [0.05, 0.1) is 6.61 Å². The van der Waals surface area contributed by atoms with E-state index in [4.69, 9.17) is 29.4 Å². The summed E-state index contributed by atoms with van der Waals surface area (Å²) in [5.41, 5.74) is 5.26. The van der Waals surface area contributed by atoms with Crippen LogP contribution in [0.4, 0.5) is 0 Å². The molecule has 1 amide bonds. The maximum Gasteiger partial charge on any atom is 0.217 e. The molecule has 2 N–H and O–H groups in total. The number of amides is 1. The van der Waals surface area contributed by atoms with E-state index in [1.54, 1.807) is 0 Å². The van der Waals surface area contributed by atoms with Crippen LogP contribution < -0.4 is 5.73 Å². The van der Waals surface area contributed by atoms with Crippen molar-refractivity contribution < 1.29 is 28.5 Å². The standard InChI is InChI=1S/C14H23NO6/c1-12(2)17-7-8-10(19-12)11-14(18-8,6-5-9(15)16)21-13(3,4)20-11/h8,10-11H,5-7H2,1-4H3,(H2,15,16). The highest BCUT2D eigenvalue weighted by Crippen LogP contribution is 2.50. The molecule has 3 aliphatic rings. The summed E-state index contributed by atoms with van der Waals surface area (Å²) in [6.45, 7) is 7.75. The molecule has 120 valence electrons. The summed E-state index contributed by atoms with van der Waals surface area (Å²) in [6, 6.07) is 0. The average molecular weight is 301 g/mol. The second kappa shape index (κ2) is 4.63. The van der Waals surface area contributed by atoms with Gasteiger partial charge >= 0.3 is 0 Å². The van der Waals surface area contributed by atoms with Gasteiger partial charge in [0.1, 0.15) is 18.3 Å². The van der Waals surface area contributed by atoms with Gasteiger partial charge < -0.3 is 29.4 Å². The van der Waals surface area contributed by atoms with E-state index in [1.807, 2.05) is 27.7 Å². The number of hydrogen-bond acceptors (Lipinski definition) is 6. The molecule has 21 heavy (non-hydrogen) atoms. The van der Waals surface area contributed by atoms with Gasteiger partial charge in [0.2, 0.25) is 11.7 Å². The zero-order valence-corrected chi connectivity index (χ0v) is 12.9. The lowest BCUT2D eigenvalue weighted by Gasteiger charge is -2.38. The number of hydrogen-bond donors (Lipinski definition) is 1. The summed E-state index contributed by atoms with van der Waals surface area (Å²) in [7, 11) is 0. The minimum Gasteiger partial charge on any atom is -0.370 e. The number of carbonyl (C=O) groups is 1. The minimum atomic E-state index is -1.00. The van der Waals surface area contributed by atoms with Gasteiger partial charge in [-0.05, 0) is 27.7 Å². The number of rotatable bonds is 3. The van der Waals surface area contributed by atoms with E-state index < -0.39 is 29.4 Å². The van der Waals surface area contributed by atoms with Gasteiger partial charge in [-0.2, -0.15) is 0 Å². The highest BCUT2D eigenvalue weighted by atomic mass is 16.9. The highest BCUT2D eigenvalue weighted by Gasteiger charge is 2.66. The van der Waals surface area contributed by atoms with Gasteiger partial charge in [-0.3, -0.25) is 4.79 Å². The zero-order chi connectivity index (χ0) is 15.5. The summed E-state index contributed by atoms with van der Waals surface area (Å²) in [5.74, 6) is -2.88. The summed E-state index contributed by atoms with van der Waals surface area (Å²) < 4.78 is 29.6. The first-order valence-corrected chi connectivity index (χ1v) is 7.28. The molecule has 4 atom stereocenters. The van der Waals surface area contributed by atoms with E-state index in [9.17, 15) is 4.79 Å². The average Bonchev–Trinajstić information content (AvgIpc) is 2.74. The van der Waals surface area contributed by atoms with E-state index in [2.05, 4.69) is 0 Å². The van der Waals surface area contributed by atoms with Crippen molar-refractivity contribution in [3.63, 3.8) is 0 Å². The molecule has 3 aliphatic heterocycles. The molecule has 7 heteroatoms. The van der Waals surface area contributed by atoms with Crippen molar-refractivity contribution in [1.82, 2.24) is 0 Å². The summed E-state index contributed by atoms with van der Waals surface area (Å²) in [5, 5.41) is 0. The Morgan fingerprint density at radius 3 is 2.52 bits per heavy atom. The lowest BCUT2D eigenvalue weighted by molar-refractivity contribution is -0.328. The first-order chi connectivity index (χ1) is 9.63. The number of carbonyl (C=O) groups excluding carboxylic acids is 1. The van der Waals surface area contributed by atoms with Crippen molar-refractivity contribution in [1.29, 1.82) is 0 Å². The lowest BCUT2D eigenvalue weighted by Crippen LogP contribution is -2.51. The Labute approximate surface area is 124 Å². The van der Waals surface area contributed by atoms with Crippen molar-refractivity contribution in [3.8, 4) is 0 Å². The van der Waals surface area contributed by atoms with Crippen LogP contribution in [-0.4, -0.2) is 48.2 Å². The Balaban J connectivity index is 1.85. The van der Waals surface area contributed by atoms with Crippen molar-refractivity contribution in [2.45, 2.75) is 76.2 Å². The smallest absolute Gasteiger partial charge is 0.217 e. The Morgan fingerprint density at radius 1 is 1.14 bits per heavy atom. The van der Waals surface area contributed by atoms with Crippen LogP contribution in [0.3, 0.4) is 0 Å². The van der Waals surface area contributed by atoms with Gasteiger partial charge in [-0.15, -0.1) is 0 Å². The maximum atomic E-state index is 11.1. The Bertz CT molecular complexity index is 451. The van der Waals surface area contributed by atoms with Gasteiger partial charge in [0, 0.05) is 12.8 Å².